The van der Waals surface area contributed by atoms with E-state index in [2.05, 4.69) is 5.10 Å². The Hall–Kier alpha value is -0.740. The quantitative estimate of drug-likeness (QED) is 0.743. The van der Waals surface area contributed by atoms with Crippen LogP contribution in [0.15, 0.2) is 6.20 Å². The van der Waals surface area contributed by atoms with E-state index >= 15 is 0 Å². The highest BCUT2D eigenvalue weighted by Gasteiger charge is 2.07. The van der Waals surface area contributed by atoms with Gasteiger partial charge in [-0.1, -0.05) is 0 Å². The van der Waals surface area contributed by atoms with Crippen molar-refractivity contribution in [3.8, 4) is 0 Å². The number of hydrogen-bond acceptors (Lipinski definition) is 2. The molecule has 0 saturated heterocycles. The summed E-state index contributed by atoms with van der Waals surface area (Å²) in [5, 5.41) is 3.85. The number of carbonyl (C=O) groups excluding carboxylic acids is 1. The van der Waals surface area contributed by atoms with Gasteiger partial charge in [0.15, 0.2) is 5.69 Å². The van der Waals surface area contributed by atoms with Crippen LogP contribution in [-0.2, 0) is 7.05 Å². The third kappa shape index (κ3) is 2.71. The van der Waals surface area contributed by atoms with Crippen LogP contribution in [0.2, 0.25) is 0 Å². The average molecular weight is 212 g/mol. The number of amides is 1. The second kappa shape index (κ2) is 5.00. The lowest BCUT2D eigenvalue weighted by Crippen LogP contribution is -2.13. The molecule has 0 atom stereocenters. The summed E-state index contributed by atoms with van der Waals surface area (Å²) in [5.74, 6) is -0.474. The number of aromatic nitrogens is 2. The first-order valence-corrected chi connectivity index (χ1v) is 2.91. The van der Waals surface area contributed by atoms with E-state index in [1.165, 1.54) is 0 Å². The molecule has 0 aliphatic rings. The Labute approximate surface area is 82.9 Å². The minimum absolute atomic E-state index is 0. The van der Waals surface area contributed by atoms with Gasteiger partial charge in [-0.15, -0.1) is 24.8 Å². The summed E-state index contributed by atoms with van der Waals surface area (Å²) in [4.78, 5) is 10.6. The number of hydrogen-bond donors (Lipinski definition) is 1. The molecule has 0 aliphatic heterocycles. The van der Waals surface area contributed by atoms with E-state index < -0.39 is 5.91 Å². The van der Waals surface area contributed by atoms with Crippen molar-refractivity contribution in [2.45, 2.75) is 6.92 Å². The zero-order valence-electron chi connectivity index (χ0n) is 6.77. The van der Waals surface area contributed by atoms with Gasteiger partial charge in [0, 0.05) is 18.8 Å². The second-order valence-electron chi connectivity index (χ2n) is 2.20. The highest BCUT2D eigenvalue weighted by molar-refractivity contribution is 5.92. The van der Waals surface area contributed by atoms with Crippen molar-refractivity contribution in [2.75, 3.05) is 0 Å². The molecule has 1 aromatic rings. The maximum Gasteiger partial charge on any atom is 0.269 e. The Morgan fingerprint density at radius 1 is 1.58 bits per heavy atom. The third-order valence-electron chi connectivity index (χ3n) is 1.25. The normalized spacial score (nSPS) is 8.17. The molecule has 70 valence electrons. The van der Waals surface area contributed by atoms with Gasteiger partial charge in [0.2, 0.25) is 0 Å². The minimum atomic E-state index is -0.474. The van der Waals surface area contributed by atoms with E-state index in [0.717, 1.165) is 5.56 Å². The summed E-state index contributed by atoms with van der Waals surface area (Å²) in [6, 6.07) is 0. The molecule has 1 rings (SSSR count). The van der Waals surface area contributed by atoms with Gasteiger partial charge >= 0.3 is 0 Å². The van der Waals surface area contributed by atoms with Gasteiger partial charge in [-0.2, -0.15) is 5.10 Å². The van der Waals surface area contributed by atoms with Crippen LogP contribution in [0, 0.1) is 6.92 Å². The molecule has 1 amide bonds. The zero-order valence-corrected chi connectivity index (χ0v) is 8.41. The fourth-order valence-electron chi connectivity index (χ4n) is 0.850. The van der Waals surface area contributed by atoms with Gasteiger partial charge in [0.05, 0.1) is 0 Å². The smallest absolute Gasteiger partial charge is 0.269 e. The lowest BCUT2D eigenvalue weighted by atomic mass is 10.3. The number of aryl methyl sites for hydroxylation is 2. The zero-order chi connectivity index (χ0) is 7.72. The summed E-state index contributed by atoms with van der Waals surface area (Å²) in [6.07, 6.45) is 1.75. The summed E-state index contributed by atoms with van der Waals surface area (Å²) >= 11 is 0. The van der Waals surface area contributed by atoms with E-state index in [0.29, 0.717) is 5.69 Å². The molecule has 0 radical (unpaired) electrons. The van der Waals surface area contributed by atoms with Crippen molar-refractivity contribution < 1.29 is 4.79 Å². The maximum atomic E-state index is 10.6. The standard InChI is InChI=1S/C6H9N3O.2ClH/c1-4-3-9(2)8-5(4)6(7)10;;/h3H,1-2H3,(H2,7,10);2*1H. The van der Waals surface area contributed by atoms with E-state index in [-0.39, 0.29) is 24.8 Å². The van der Waals surface area contributed by atoms with Crippen molar-refractivity contribution in [1.29, 1.82) is 0 Å². The van der Waals surface area contributed by atoms with Gasteiger partial charge in [-0.25, -0.2) is 0 Å². The molecule has 0 aliphatic carbocycles. The Balaban J connectivity index is 0. The Bertz CT molecular complexity index is 272. The highest BCUT2D eigenvalue weighted by atomic mass is 35.5. The summed E-state index contributed by atoms with van der Waals surface area (Å²) < 4.78 is 1.56. The van der Waals surface area contributed by atoms with E-state index in [1.54, 1.807) is 24.9 Å². The number of nitrogens with two attached hydrogens (primary N) is 1. The minimum Gasteiger partial charge on any atom is -0.364 e. The molecule has 2 N–H and O–H groups in total. The molecule has 0 bridgehead atoms. The maximum absolute atomic E-state index is 10.6. The molecule has 0 unspecified atom stereocenters. The highest BCUT2D eigenvalue weighted by Crippen LogP contribution is 2.01. The SMILES string of the molecule is Cc1cn(C)nc1C(N)=O.Cl.Cl. The largest absolute Gasteiger partial charge is 0.364 e. The summed E-state index contributed by atoms with van der Waals surface area (Å²) in [7, 11) is 1.75. The second-order valence-corrected chi connectivity index (χ2v) is 2.20. The van der Waals surface area contributed by atoms with E-state index in [9.17, 15) is 4.79 Å². The molecule has 0 saturated carbocycles. The number of carbonyl (C=O) groups is 1. The van der Waals surface area contributed by atoms with Crippen LogP contribution < -0.4 is 5.73 Å². The first kappa shape index (κ1) is 13.8. The molecule has 12 heavy (non-hydrogen) atoms. The Kier molecular flexibility index (Phi) is 5.76. The van der Waals surface area contributed by atoms with Gasteiger partial charge in [-0.3, -0.25) is 9.48 Å². The molecule has 6 heteroatoms. The first-order chi connectivity index (χ1) is 4.61. The number of nitrogens with zero attached hydrogens (tertiary/aromatic N) is 2. The molecule has 4 nitrogen and oxygen atoms in total. The van der Waals surface area contributed by atoms with Crippen molar-refractivity contribution >= 4 is 30.7 Å². The predicted molar refractivity (Wildman–Crippen MR) is 51.0 cm³/mol. The van der Waals surface area contributed by atoms with Crippen LogP contribution in [0.1, 0.15) is 16.1 Å². The summed E-state index contributed by atoms with van der Waals surface area (Å²) in [5.41, 5.74) is 6.18. The summed E-state index contributed by atoms with van der Waals surface area (Å²) in [6.45, 7) is 1.80. The lowest BCUT2D eigenvalue weighted by Gasteiger charge is -1.86. The molecule has 1 aromatic heterocycles. The van der Waals surface area contributed by atoms with Crippen molar-refractivity contribution in [2.24, 2.45) is 12.8 Å². The van der Waals surface area contributed by atoms with E-state index in [1.807, 2.05) is 0 Å². The fourth-order valence-corrected chi connectivity index (χ4v) is 0.850. The molecule has 0 aromatic carbocycles. The Morgan fingerprint density at radius 2 is 2.08 bits per heavy atom. The third-order valence-corrected chi connectivity index (χ3v) is 1.25. The molecule has 1 heterocycles. The van der Waals surface area contributed by atoms with Crippen LogP contribution in [0.3, 0.4) is 0 Å². The monoisotopic (exact) mass is 211 g/mol. The topological polar surface area (TPSA) is 60.9 Å². The van der Waals surface area contributed by atoms with Gasteiger partial charge < -0.3 is 5.73 Å². The number of halogens is 2. The molecule has 0 fully saturated rings. The molecular weight excluding hydrogens is 201 g/mol. The van der Waals surface area contributed by atoms with Crippen LogP contribution in [0.4, 0.5) is 0 Å². The molecule has 0 spiro atoms. The van der Waals surface area contributed by atoms with Crippen molar-refractivity contribution in [3.63, 3.8) is 0 Å². The van der Waals surface area contributed by atoms with Crippen molar-refractivity contribution in [3.05, 3.63) is 17.5 Å². The molecular formula is C6H11Cl2N3O. The average Bonchev–Trinajstić information content (AvgIpc) is 2.10. The predicted octanol–water partition coefficient (Wildman–Crippen LogP) is 0.671. The van der Waals surface area contributed by atoms with Crippen LogP contribution in [0.25, 0.3) is 0 Å². The van der Waals surface area contributed by atoms with Gasteiger partial charge in [0.1, 0.15) is 0 Å². The van der Waals surface area contributed by atoms with Crippen LogP contribution >= 0.6 is 24.8 Å². The van der Waals surface area contributed by atoms with Crippen molar-refractivity contribution in [1.82, 2.24) is 9.78 Å². The number of primary amides is 1. The Morgan fingerprint density at radius 3 is 2.25 bits per heavy atom. The number of rotatable bonds is 1. The van der Waals surface area contributed by atoms with Crippen LogP contribution in [0.5, 0.6) is 0 Å². The van der Waals surface area contributed by atoms with Crippen LogP contribution in [-0.4, -0.2) is 15.7 Å². The lowest BCUT2D eigenvalue weighted by molar-refractivity contribution is 0.0994. The first-order valence-electron chi connectivity index (χ1n) is 2.91. The van der Waals surface area contributed by atoms with E-state index in [4.69, 9.17) is 5.73 Å². The van der Waals surface area contributed by atoms with Gasteiger partial charge in [0.25, 0.3) is 5.91 Å². The fraction of sp³-hybridized carbons (Fsp3) is 0.333. The van der Waals surface area contributed by atoms with Gasteiger partial charge in [-0.05, 0) is 6.92 Å².